The average molecular weight is 501 g/mol. The van der Waals surface area contributed by atoms with Gasteiger partial charge in [-0.3, -0.25) is 0 Å². The second-order valence-electron chi connectivity index (χ2n) is 10.2. The molecule has 1 aliphatic heterocycles. The van der Waals surface area contributed by atoms with Gasteiger partial charge in [0.15, 0.2) is 0 Å². The van der Waals surface area contributed by atoms with E-state index in [1.165, 1.54) is 12.3 Å². The third kappa shape index (κ3) is 5.85. The van der Waals surface area contributed by atoms with Crippen molar-refractivity contribution in [2.45, 2.75) is 61.8 Å². The number of sulfone groups is 1. The van der Waals surface area contributed by atoms with Gasteiger partial charge in [0.1, 0.15) is 11.6 Å². The van der Waals surface area contributed by atoms with Crippen LogP contribution in [0.2, 0.25) is 0 Å². The van der Waals surface area contributed by atoms with Crippen molar-refractivity contribution in [2.75, 3.05) is 38.8 Å². The van der Waals surface area contributed by atoms with Crippen molar-refractivity contribution < 1.29 is 17.9 Å². The number of methoxy groups -OCH3 is 1. The maximum absolute atomic E-state index is 13.5. The summed E-state index contributed by atoms with van der Waals surface area (Å²) in [4.78, 5) is 9.62. The molecule has 0 atom stereocenters. The molecule has 3 aromatic rings. The molecule has 190 valence electrons. The number of fused-ring (bicyclic) bond motifs is 1. The van der Waals surface area contributed by atoms with E-state index in [4.69, 9.17) is 14.5 Å². The molecule has 0 bridgehead atoms. The Morgan fingerprint density at radius 1 is 1.14 bits per heavy atom. The van der Waals surface area contributed by atoms with Crippen LogP contribution in [0.4, 0.5) is 5.82 Å². The van der Waals surface area contributed by atoms with Crippen LogP contribution in [-0.2, 0) is 31.3 Å². The molecule has 0 unspecified atom stereocenters. The van der Waals surface area contributed by atoms with E-state index in [1.54, 1.807) is 25.3 Å². The second-order valence-corrected chi connectivity index (χ2v) is 12.1. The minimum Gasteiger partial charge on any atom is -0.385 e. The van der Waals surface area contributed by atoms with E-state index in [9.17, 15) is 8.42 Å². The van der Waals surface area contributed by atoms with Crippen molar-refractivity contribution in [3.8, 4) is 0 Å². The van der Waals surface area contributed by atoms with Gasteiger partial charge in [0.2, 0.25) is 9.84 Å². The van der Waals surface area contributed by atoms with Crippen molar-refractivity contribution in [1.82, 2.24) is 14.5 Å². The van der Waals surface area contributed by atoms with Gasteiger partial charge in [-0.1, -0.05) is 20.8 Å². The van der Waals surface area contributed by atoms with Crippen LogP contribution in [0.5, 0.6) is 0 Å². The van der Waals surface area contributed by atoms with Gasteiger partial charge in [-0.25, -0.2) is 18.4 Å². The highest BCUT2D eigenvalue weighted by Crippen LogP contribution is 2.31. The van der Waals surface area contributed by atoms with E-state index < -0.39 is 9.84 Å². The number of nitrogens with one attached hydrogen (secondary N) is 1. The lowest BCUT2D eigenvalue weighted by molar-refractivity contribution is 0.0611. The summed E-state index contributed by atoms with van der Waals surface area (Å²) in [7, 11) is -2.07. The van der Waals surface area contributed by atoms with Gasteiger partial charge >= 0.3 is 0 Å². The number of rotatable bonds is 9. The Kier molecular flexibility index (Phi) is 7.78. The van der Waals surface area contributed by atoms with Crippen LogP contribution in [0.15, 0.2) is 46.3 Å². The normalized spacial score (nSPS) is 15.5. The van der Waals surface area contributed by atoms with Gasteiger partial charge in [-0.15, -0.1) is 0 Å². The fourth-order valence-corrected chi connectivity index (χ4v) is 5.76. The zero-order valence-electron chi connectivity index (χ0n) is 21.1. The molecule has 3 heterocycles. The van der Waals surface area contributed by atoms with Crippen LogP contribution < -0.4 is 5.32 Å². The Bertz CT molecular complexity index is 1260. The smallest absolute Gasteiger partial charge is 0.206 e. The van der Waals surface area contributed by atoms with E-state index in [0.29, 0.717) is 30.4 Å². The van der Waals surface area contributed by atoms with E-state index in [-0.39, 0.29) is 15.2 Å². The molecular formula is C26H36N4O4S. The predicted molar refractivity (Wildman–Crippen MR) is 137 cm³/mol. The fourth-order valence-electron chi connectivity index (χ4n) is 4.47. The van der Waals surface area contributed by atoms with Crippen LogP contribution >= 0.6 is 0 Å². The van der Waals surface area contributed by atoms with E-state index in [0.717, 1.165) is 50.4 Å². The zero-order valence-corrected chi connectivity index (χ0v) is 21.9. The van der Waals surface area contributed by atoms with Crippen LogP contribution in [0.25, 0.3) is 11.0 Å². The lowest BCUT2D eigenvalue weighted by atomic mass is 9.94. The van der Waals surface area contributed by atoms with Gasteiger partial charge in [-0.2, -0.15) is 0 Å². The predicted octanol–water partition coefficient (Wildman–Crippen LogP) is 4.44. The van der Waals surface area contributed by atoms with Crippen LogP contribution in [-0.4, -0.2) is 56.4 Å². The average Bonchev–Trinajstić information content (AvgIpc) is 3.21. The number of ether oxygens (including phenoxy) is 2. The first-order valence-corrected chi connectivity index (χ1v) is 13.7. The molecule has 4 rings (SSSR count). The summed E-state index contributed by atoms with van der Waals surface area (Å²) in [6.45, 7) is 10.2. The molecule has 0 amide bonds. The highest BCUT2D eigenvalue weighted by Gasteiger charge is 2.27. The lowest BCUT2D eigenvalue weighted by Crippen LogP contribution is -2.25. The number of hydrogen-bond acceptors (Lipinski definition) is 7. The van der Waals surface area contributed by atoms with Crippen LogP contribution in [0.3, 0.4) is 0 Å². The lowest BCUT2D eigenvalue weighted by Gasteiger charge is -2.26. The standard InChI is InChI=1S/C26H36N4O4S/c1-26(2,3)25-29-22-16-20(6-7-23(22)30(25)18-19-9-14-34-15-10-19)35(31,32)21-8-12-28-24(17-21)27-11-5-13-33-4/h6-8,12,16-17,19H,5,9-11,13-15,18H2,1-4H3,(H,27,28). The second kappa shape index (κ2) is 10.6. The van der Waals surface area contributed by atoms with Gasteiger partial charge in [0.25, 0.3) is 0 Å². The SMILES string of the molecule is COCCCNc1cc(S(=O)(=O)c2ccc3c(c2)nc(C(C)(C)C)n3CC2CCOCC2)ccn1. The highest BCUT2D eigenvalue weighted by atomic mass is 32.2. The summed E-state index contributed by atoms with van der Waals surface area (Å²) in [5, 5.41) is 3.16. The van der Waals surface area contributed by atoms with Crippen LogP contribution in [0.1, 0.15) is 45.9 Å². The van der Waals surface area contributed by atoms with E-state index in [2.05, 4.69) is 35.6 Å². The van der Waals surface area contributed by atoms with E-state index >= 15 is 0 Å². The summed E-state index contributed by atoms with van der Waals surface area (Å²) in [5.74, 6) is 2.02. The minimum atomic E-state index is -3.72. The van der Waals surface area contributed by atoms with Gasteiger partial charge in [0.05, 0.1) is 20.8 Å². The molecule has 2 aromatic heterocycles. The molecule has 35 heavy (non-hydrogen) atoms. The Morgan fingerprint density at radius 3 is 2.60 bits per heavy atom. The molecule has 1 saturated heterocycles. The number of pyridine rings is 1. The summed E-state index contributed by atoms with van der Waals surface area (Å²) in [6.07, 6.45) is 4.38. The first-order valence-electron chi connectivity index (χ1n) is 12.2. The van der Waals surface area contributed by atoms with Crippen molar-refractivity contribution in [3.05, 3.63) is 42.4 Å². The monoisotopic (exact) mass is 500 g/mol. The van der Waals surface area contributed by atoms with Crippen molar-refractivity contribution in [1.29, 1.82) is 0 Å². The molecule has 9 heteroatoms. The number of aromatic nitrogens is 3. The zero-order chi connectivity index (χ0) is 25.1. The van der Waals surface area contributed by atoms with Gasteiger partial charge < -0.3 is 19.4 Å². The molecule has 8 nitrogen and oxygen atoms in total. The van der Waals surface area contributed by atoms with Crippen molar-refractivity contribution in [3.63, 3.8) is 0 Å². The number of benzene rings is 1. The molecule has 0 aliphatic carbocycles. The third-order valence-electron chi connectivity index (χ3n) is 6.36. The highest BCUT2D eigenvalue weighted by molar-refractivity contribution is 7.91. The van der Waals surface area contributed by atoms with Gasteiger partial charge in [0, 0.05) is 51.6 Å². The summed E-state index contributed by atoms with van der Waals surface area (Å²) in [6, 6.07) is 8.40. The molecule has 0 saturated carbocycles. The Hall–Kier alpha value is -2.49. The third-order valence-corrected chi connectivity index (χ3v) is 8.10. The quantitative estimate of drug-likeness (QED) is 0.434. The number of imidazole rings is 1. The number of nitrogens with zero attached hydrogens (tertiary/aromatic N) is 3. The van der Waals surface area contributed by atoms with Crippen molar-refractivity contribution in [2.24, 2.45) is 5.92 Å². The Morgan fingerprint density at radius 2 is 1.89 bits per heavy atom. The maximum atomic E-state index is 13.5. The first-order chi connectivity index (χ1) is 16.7. The van der Waals surface area contributed by atoms with Crippen molar-refractivity contribution >= 4 is 26.7 Å². The number of hydrogen-bond donors (Lipinski definition) is 1. The van der Waals surface area contributed by atoms with E-state index in [1.807, 2.05) is 6.07 Å². The maximum Gasteiger partial charge on any atom is 0.206 e. The minimum absolute atomic E-state index is 0.169. The fraction of sp³-hybridized carbons (Fsp3) is 0.538. The molecule has 1 aromatic carbocycles. The molecule has 1 N–H and O–H groups in total. The molecular weight excluding hydrogens is 464 g/mol. The first kappa shape index (κ1) is 25.6. The largest absolute Gasteiger partial charge is 0.385 e. The molecule has 1 aliphatic rings. The van der Waals surface area contributed by atoms with Gasteiger partial charge in [-0.05, 0) is 55.5 Å². The topological polar surface area (TPSA) is 95.3 Å². The molecule has 0 spiro atoms. The Balaban J connectivity index is 1.66. The molecule has 1 fully saturated rings. The van der Waals surface area contributed by atoms with Crippen LogP contribution in [0, 0.1) is 5.92 Å². The summed E-state index contributed by atoms with van der Waals surface area (Å²) >= 11 is 0. The summed E-state index contributed by atoms with van der Waals surface area (Å²) in [5.41, 5.74) is 1.50. The Labute approximate surface area is 208 Å². The molecule has 0 radical (unpaired) electrons. The number of anilines is 1. The summed E-state index contributed by atoms with van der Waals surface area (Å²) < 4.78 is 39.8.